The number of nitrogens with zero attached hydrogens (tertiary/aromatic N) is 3. The molecule has 2 aromatic carbocycles. The highest BCUT2D eigenvalue weighted by atomic mass is 19.4. The molecule has 1 aliphatic rings. The van der Waals surface area contributed by atoms with Crippen LogP contribution in [0.15, 0.2) is 48.7 Å². The summed E-state index contributed by atoms with van der Waals surface area (Å²) in [4.78, 5) is 26.3. The predicted octanol–water partition coefficient (Wildman–Crippen LogP) is 5.36. The average Bonchev–Trinajstić information content (AvgIpc) is 3.50. The number of rotatable bonds is 7. The van der Waals surface area contributed by atoms with Crippen molar-refractivity contribution in [1.29, 1.82) is 0 Å². The fourth-order valence-corrected chi connectivity index (χ4v) is 3.88. The molecule has 0 N–H and O–H groups in total. The van der Waals surface area contributed by atoms with Crippen molar-refractivity contribution in [2.24, 2.45) is 5.92 Å². The van der Waals surface area contributed by atoms with Crippen molar-refractivity contribution >= 4 is 11.9 Å². The fourth-order valence-electron chi connectivity index (χ4n) is 3.88. The topological polar surface area (TPSA) is 64.4 Å². The molecule has 10 heteroatoms. The summed E-state index contributed by atoms with van der Waals surface area (Å²) in [5.41, 5.74) is -1.85. The van der Waals surface area contributed by atoms with E-state index in [4.69, 9.17) is 4.74 Å². The number of aromatic nitrogens is 2. The molecule has 184 valence electrons. The van der Waals surface area contributed by atoms with E-state index in [1.54, 1.807) is 7.05 Å². The average molecular weight is 489 g/mol. The Hall–Kier alpha value is -3.69. The lowest BCUT2D eigenvalue weighted by Gasteiger charge is -2.18. The van der Waals surface area contributed by atoms with Gasteiger partial charge in [0.2, 0.25) is 0 Å². The molecule has 0 unspecified atom stereocenters. The molecule has 6 nitrogen and oxygen atoms in total. The molecule has 1 aromatic heterocycles. The van der Waals surface area contributed by atoms with E-state index in [1.807, 2.05) is 0 Å². The van der Waals surface area contributed by atoms with E-state index < -0.39 is 35.1 Å². The first-order chi connectivity index (χ1) is 16.6. The largest absolute Gasteiger partial charge is 0.462 e. The van der Waals surface area contributed by atoms with E-state index in [0.29, 0.717) is 17.1 Å². The quantitative estimate of drug-likeness (QED) is 0.331. The molecule has 3 aromatic rings. The van der Waals surface area contributed by atoms with Crippen molar-refractivity contribution in [3.05, 3.63) is 71.3 Å². The lowest BCUT2D eigenvalue weighted by atomic mass is 10.0. The van der Waals surface area contributed by atoms with Gasteiger partial charge >= 0.3 is 12.1 Å². The Balaban J connectivity index is 1.73. The van der Waals surface area contributed by atoms with Gasteiger partial charge in [-0.25, -0.2) is 13.9 Å². The van der Waals surface area contributed by atoms with Gasteiger partial charge in [0.15, 0.2) is 5.69 Å². The molecule has 4 rings (SSSR count). The first-order valence-electron chi connectivity index (χ1n) is 11.1. The van der Waals surface area contributed by atoms with E-state index >= 15 is 4.39 Å². The van der Waals surface area contributed by atoms with Gasteiger partial charge in [-0.15, -0.1) is 0 Å². The Morgan fingerprint density at radius 2 is 1.86 bits per heavy atom. The third-order valence-electron chi connectivity index (χ3n) is 5.74. The summed E-state index contributed by atoms with van der Waals surface area (Å²) in [6.45, 7) is 1.93. The standard InChI is InChI=1S/C25H23F4N3O3/c1-3-35-24(34)20-13-30-32(22(20)25(27,28)29)17-7-4-6-16(12-17)18-8-5-9-19(21(18)26)23(33)31(2)14-15-10-11-15/h4-9,12-13,15H,3,10-11,14H2,1-2H3. The lowest BCUT2D eigenvalue weighted by Crippen LogP contribution is -2.29. The number of amides is 1. The number of carbonyl (C=O) groups excluding carboxylic acids is 2. The number of esters is 1. The van der Waals surface area contributed by atoms with Gasteiger partial charge in [0.1, 0.15) is 11.4 Å². The highest BCUT2D eigenvalue weighted by Crippen LogP contribution is 2.35. The molecular formula is C25H23F4N3O3. The van der Waals surface area contributed by atoms with Crippen molar-refractivity contribution in [1.82, 2.24) is 14.7 Å². The minimum absolute atomic E-state index is 0.0349. The second-order valence-electron chi connectivity index (χ2n) is 8.38. The Labute approximate surface area is 199 Å². The molecule has 0 saturated heterocycles. The van der Waals surface area contributed by atoms with Crippen LogP contribution in [0, 0.1) is 11.7 Å². The van der Waals surface area contributed by atoms with Gasteiger partial charge in [-0.1, -0.05) is 24.3 Å². The van der Waals surface area contributed by atoms with Gasteiger partial charge in [0.05, 0.1) is 24.1 Å². The van der Waals surface area contributed by atoms with E-state index in [0.717, 1.165) is 19.0 Å². The third kappa shape index (κ3) is 5.06. The number of hydrogen-bond donors (Lipinski definition) is 0. The van der Waals surface area contributed by atoms with Crippen LogP contribution in [0.4, 0.5) is 17.6 Å². The number of hydrogen-bond acceptors (Lipinski definition) is 4. The highest BCUT2D eigenvalue weighted by Gasteiger charge is 2.41. The van der Waals surface area contributed by atoms with Crippen molar-refractivity contribution in [2.45, 2.75) is 25.9 Å². The van der Waals surface area contributed by atoms with Crippen LogP contribution >= 0.6 is 0 Å². The van der Waals surface area contributed by atoms with Gasteiger partial charge in [-0.3, -0.25) is 4.79 Å². The molecule has 1 saturated carbocycles. The molecule has 0 spiro atoms. The number of alkyl halides is 3. The molecule has 1 amide bonds. The van der Waals surface area contributed by atoms with Gasteiger partial charge < -0.3 is 9.64 Å². The zero-order valence-electron chi connectivity index (χ0n) is 19.1. The minimum Gasteiger partial charge on any atom is -0.462 e. The highest BCUT2D eigenvalue weighted by molar-refractivity contribution is 5.96. The van der Waals surface area contributed by atoms with Crippen molar-refractivity contribution in [2.75, 3.05) is 20.2 Å². The van der Waals surface area contributed by atoms with E-state index in [2.05, 4.69) is 5.10 Å². The summed E-state index contributed by atoms with van der Waals surface area (Å²) in [7, 11) is 1.62. The van der Waals surface area contributed by atoms with Crippen molar-refractivity contribution < 1.29 is 31.9 Å². The molecule has 0 bridgehead atoms. The Kier molecular flexibility index (Phi) is 6.64. The maximum absolute atomic E-state index is 15.4. The van der Waals surface area contributed by atoms with Crippen molar-refractivity contribution in [3.63, 3.8) is 0 Å². The normalized spacial score (nSPS) is 13.5. The van der Waals surface area contributed by atoms with E-state index in [-0.39, 0.29) is 29.0 Å². The molecule has 1 fully saturated rings. The summed E-state index contributed by atoms with van der Waals surface area (Å²) in [5, 5.41) is 3.76. The first kappa shape index (κ1) is 24.4. The van der Waals surface area contributed by atoms with E-state index in [1.165, 1.54) is 54.3 Å². The molecule has 35 heavy (non-hydrogen) atoms. The Morgan fingerprint density at radius 3 is 2.51 bits per heavy atom. The van der Waals surface area contributed by atoms with Crippen LogP contribution in [0.3, 0.4) is 0 Å². The SMILES string of the molecule is CCOC(=O)c1cnn(-c2cccc(-c3cccc(C(=O)N(C)CC4CC4)c3F)c2)c1C(F)(F)F. The Morgan fingerprint density at radius 1 is 1.14 bits per heavy atom. The first-order valence-corrected chi connectivity index (χ1v) is 11.1. The third-order valence-corrected chi connectivity index (χ3v) is 5.74. The van der Waals surface area contributed by atoms with Crippen LogP contribution in [-0.2, 0) is 10.9 Å². The number of carbonyl (C=O) groups is 2. The van der Waals surface area contributed by atoms with Gasteiger partial charge in [0, 0.05) is 19.2 Å². The second kappa shape index (κ2) is 9.52. The molecule has 0 radical (unpaired) electrons. The summed E-state index contributed by atoms with van der Waals surface area (Å²) in [6, 6.07) is 10.0. The van der Waals surface area contributed by atoms with Gasteiger partial charge in [-0.05, 0) is 49.4 Å². The molecule has 0 atom stereocenters. The van der Waals surface area contributed by atoms with Crippen LogP contribution in [0.25, 0.3) is 16.8 Å². The Bertz CT molecular complexity index is 1270. The number of halogens is 4. The second-order valence-corrected chi connectivity index (χ2v) is 8.38. The molecule has 1 aliphatic carbocycles. The summed E-state index contributed by atoms with van der Waals surface area (Å²) < 4.78 is 62.3. The van der Waals surface area contributed by atoms with Crippen LogP contribution < -0.4 is 0 Å². The monoisotopic (exact) mass is 489 g/mol. The number of ether oxygens (including phenoxy) is 1. The summed E-state index contributed by atoms with van der Waals surface area (Å²) in [6.07, 6.45) is -2.03. The smallest absolute Gasteiger partial charge is 0.434 e. The van der Waals surface area contributed by atoms with Gasteiger partial charge in [-0.2, -0.15) is 18.3 Å². The van der Waals surface area contributed by atoms with Crippen LogP contribution in [0.1, 0.15) is 46.2 Å². The lowest BCUT2D eigenvalue weighted by molar-refractivity contribution is -0.143. The molecule has 0 aliphatic heterocycles. The zero-order chi connectivity index (χ0) is 25.3. The molecule has 1 heterocycles. The van der Waals surface area contributed by atoms with Crippen molar-refractivity contribution in [3.8, 4) is 16.8 Å². The minimum atomic E-state index is -4.90. The van der Waals surface area contributed by atoms with Gasteiger partial charge in [0.25, 0.3) is 5.91 Å². The predicted molar refractivity (Wildman–Crippen MR) is 120 cm³/mol. The maximum atomic E-state index is 15.4. The summed E-state index contributed by atoms with van der Waals surface area (Å²) >= 11 is 0. The maximum Gasteiger partial charge on any atom is 0.434 e. The molecular weight excluding hydrogens is 466 g/mol. The summed E-state index contributed by atoms with van der Waals surface area (Å²) in [5.74, 6) is -1.93. The fraction of sp³-hybridized carbons (Fsp3) is 0.320. The van der Waals surface area contributed by atoms with E-state index in [9.17, 15) is 22.8 Å². The van der Waals surface area contributed by atoms with Crippen LogP contribution in [-0.4, -0.2) is 46.8 Å². The van der Waals surface area contributed by atoms with Crippen LogP contribution in [0.5, 0.6) is 0 Å². The van der Waals surface area contributed by atoms with Crippen LogP contribution in [0.2, 0.25) is 0 Å². The zero-order valence-corrected chi connectivity index (χ0v) is 19.1. The number of benzene rings is 2.